The van der Waals surface area contributed by atoms with Gasteiger partial charge in [-0.3, -0.25) is 4.79 Å². The molecule has 1 heterocycles. The number of hydrogen-bond donors (Lipinski definition) is 0. The number of benzene rings is 1. The van der Waals surface area contributed by atoms with Crippen molar-refractivity contribution in [3.05, 3.63) is 35.4 Å². The molecule has 0 atom stereocenters. The Morgan fingerprint density at radius 1 is 1.22 bits per heavy atom. The highest BCUT2D eigenvalue weighted by Gasteiger charge is 2.19. The minimum absolute atomic E-state index is 0.261. The molecule has 3 nitrogen and oxygen atoms in total. The van der Waals surface area contributed by atoms with Gasteiger partial charge >= 0.3 is 0 Å². The van der Waals surface area contributed by atoms with Crippen LogP contribution in [-0.2, 0) is 11.2 Å². The zero-order valence-electron chi connectivity index (χ0n) is 11.4. The lowest BCUT2D eigenvalue weighted by Gasteiger charge is -2.34. The monoisotopic (exact) mass is 246 g/mol. The first-order valence-electron chi connectivity index (χ1n) is 6.74. The molecule has 18 heavy (non-hydrogen) atoms. The van der Waals surface area contributed by atoms with Crippen LogP contribution in [0.1, 0.15) is 18.1 Å². The first kappa shape index (κ1) is 13.1. The van der Waals surface area contributed by atoms with Gasteiger partial charge in [-0.25, -0.2) is 0 Å². The number of rotatable bonds is 3. The highest BCUT2D eigenvalue weighted by Crippen LogP contribution is 2.08. The van der Waals surface area contributed by atoms with Crippen LogP contribution < -0.4 is 0 Å². The van der Waals surface area contributed by atoms with Crippen LogP contribution in [0, 0.1) is 6.92 Å². The minimum Gasteiger partial charge on any atom is -0.340 e. The van der Waals surface area contributed by atoms with Crippen molar-refractivity contribution in [2.75, 3.05) is 32.7 Å². The Morgan fingerprint density at radius 2 is 1.94 bits per heavy atom. The molecule has 98 valence electrons. The van der Waals surface area contributed by atoms with Crippen LogP contribution in [0.3, 0.4) is 0 Å². The number of aryl methyl sites for hydroxylation is 1. The van der Waals surface area contributed by atoms with Gasteiger partial charge in [-0.2, -0.15) is 0 Å². The first-order chi connectivity index (χ1) is 8.69. The molecule has 0 unspecified atom stereocenters. The molecule has 1 amide bonds. The summed E-state index contributed by atoms with van der Waals surface area (Å²) in [5.41, 5.74) is 2.34. The number of carbonyl (C=O) groups excluding carboxylic acids is 1. The summed E-state index contributed by atoms with van der Waals surface area (Å²) in [4.78, 5) is 16.6. The van der Waals surface area contributed by atoms with Gasteiger partial charge in [-0.1, -0.05) is 36.8 Å². The van der Waals surface area contributed by atoms with Crippen LogP contribution in [0.4, 0.5) is 0 Å². The molecule has 0 radical (unpaired) electrons. The molecular weight excluding hydrogens is 224 g/mol. The molecule has 1 aromatic rings. The van der Waals surface area contributed by atoms with Crippen LogP contribution in [0.25, 0.3) is 0 Å². The van der Waals surface area contributed by atoms with Gasteiger partial charge in [0.1, 0.15) is 0 Å². The lowest BCUT2D eigenvalue weighted by atomic mass is 10.1. The summed E-state index contributed by atoms with van der Waals surface area (Å²) in [6.45, 7) is 9.08. The summed E-state index contributed by atoms with van der Waals surface area (Å²) >= 11 is 0. The normalized spacial score (nSPS) is 16.9. The highest BCUT2D eigenvalue weighted by molar-refractivity contribution is 5.78. The Hall–Kier alpha value is -1.35. The summed E-state index contributed by atoms with van der Waals surface area (Å²) < 4.78 is 0. The molecule has 0 aromatic heterocycles. The molecule has 1 saturated heterocycles. The van der Waals surface area contributed by atoms with Crippen LogP contribution in [0.2, 0.25) is 0 Å². The largest absolute Gasteiger partial charge is 0.340 e. The third-order valence-corrected chi connectivity index (χ3v) is 3.61. The zero-order valence-corrected chi connectivity index (χ0v) is 11.4. The summed E-state index contributed by atoms with van der Waals surface area (Å²) in [6.07, 6.45) is 0.536. The molecule has 1 aliphatic rings. The lowest BCUT2D eigenvalue weighted by molar-refractivity contribution is -0.132. The Morgan fingerprint density at radius 3 is 2.56 bits per heavy atom. The quantitative estimate of drug-likeness (QED) is 0.810. The van der Waals surface area contributed by atoms with Crippen LogP contribution >= 0.6 is 0 Å². The van der Waals surface area contributed by atoms with Crippen molar-refractivity contribution < 1.29 is 4.79 Å². The molecule has 3 heteroatoms. The Labute approximate surface area is 109 Å². The molecule has 0 N–H and O–H groups in total. The predicted octanol–water partition coefficient (Wildman–Crippen LogP) is 1.70. The highest BCUT2D eigenvalue weighted by atomic mass is 16.2. The van der Waals surface area contributed by atoms with Crippen molar-refractivity contribution in [3.63, 3.8) is 0 Å². The molecule has 0 spiro atoms. The van der Waals surface area contributed by atoms with Crippen molar-refractivity contribution in [3.8, 4) is 0 Å². The van der Waals surface area contributed by atoms with Crippen molar-refractivity contribution in [2.45, 2.75) is 20.3 Å². The summed E-state index contributed by atoms with van der Waals surface area (Å²) in [7, 11) is 0. The van der Waals surface area contributed by atoms with Crippen molar-refractivity contribution in [1.29, 1.82) is 0 Å². The van der Waals surface area contributed by atoms with Crippen molar-refractivity contribution >= 4 is 5.91 Å². The molecule has 1 aromatic carbocycles. The number of piperazine rings is 1. The van der Waals surface area contributed by atoms with E-state index < -0.39 is 0 Å². The SMILES string of the molecule is CCN1CCN(C(=O)Cc2cccc(C)c2)CC1. The average Bonchev–Trinajstić information content (AvgIpc) is 2.39. The fourth-order valence-electron chi connectivity index (χ4n) is 2.42. The number of amides is 1. The maximum Gasteiger partial charge on any atom is 0.227 e. The fourth-order valence-corrected chi connectivity index (χ4v) is 2.42. The number of likely N-dealkylation sites (N-methyl/N-ethyl adjacent to an activating group) is 1. The molecule has 0 bridgehead atoms. The van der Waals surface area contributed by atoms with Crippen LogP contribution in [-0.4, -0.2) is 48.4 Å². The molecule has 0 aliphatic carbocycles. The van der Waals surface area contributed by atoms with E-state index in [-0.39, 0.29) is 5.91 Å². The maximum absolute atomic E-state index is 12.2. The molecule has 2 rings (SSSR count). The van der Waals surface area contributed by atoms with Gasteiger partial charge in [0.2, 0.25) is 5.91 Å². The summed E-state index contributed by atoms with van der Waals surface area (Å²) in [5, 5.41) is 0. The zero-order chi connectivity index (χ0) is 13.0. The predicted molar refractivity (Wildman–Crippen MR) is 73.6 cm³/mol. The van der Waals surface area contributed by atoms with Gasteiger partial charge in [-0.05, 0) is 19.0 Å². The molecular formula is C15H22N2O. The van der Waals surface area contributed by atoms with E-state index in [9.17, 15) is 4.79 Å². The van der Waals surface area contributed by atoms with E-state index in [4.69, 9.17) is 0 Å². The molecule has 1 aliphatic heterocycles. The van der Waals surface area contributed by atoms with Gasteiger partial charge in [0.15, 0.2) is 0 Å². The number of carbonyl (C=O) groups is 1. The van der Waals surface area contributed by atoms with E-state index in [1.54, 1.807) is 0 Å². The second-order valence-corrected chi connectivity index (χ2v) is 4.98. The molecule has 1 fully saturated rings. The van der Waals surface area contributed by atoms with Gasteiger partial charge in [-0.15, -0.1) is 0 Å². The van der Waals surface area contributed by atoms with Crippen molar-refractivity contribution in [2.24, 2.45) is 0 Å². The van der Waals surface area contributed by atoms with Crippen LogP contribution in [0.5, 0.6) is 0 Å². The Bertz CT molecular complexity index is 409. The molecule has 0 saturated carbocycles. The standard InChI is InChI=1S/C15H22N2O/c1-3-16-7-9-17(10-8-16)15(18)12-14-6-4-5-13(2)11-14/h4-6,11H,3,7-10,12H2,1-2H3. The van der Waals surface area contributed by atoms with E-state index in [1.165, 1.54) is 5.56 Å². The van der Waals surface area contributed by atoms with Gasteiger partial charge in [0, 0.05) is 26.2 Å². The smallest absolute Gasteiger partial charge is 0.227 e. The first-order valence-corrected chi connectivity index (χ1v) is 6.74. The van der Waals surface area contributed by atoms with Crippen molar-refractivity contribution in [1.82, 2.24) is 9.80 Å². The van der Waals surface area contributed by atoms with Gasteiger partial charge in [0.25, 0.3) is 0 Å². The number of nitrogens with zero attached hydrogens (tertiary/aromatic N) is 2. The Kier molecular flexibility index (Phi) is 4.37. The number of hydrogen-bond acceptors (Lipinski definition) is 2. The van der Waals surface area contributed by atoms with E-state index in [0.29, 0.717) is 6.42 Å². The fraction of sp³-hybridized carbons (Fsp3) is 0.533. The van der Waals surface area contributed by atoms with E-state index >= 15 is 0 Å². The third-order valence-electron chi connectivity index (χ3n) is 3.61. The lowest BCUT2D eigenvalue weighted by Crippen LogP contribution is -2.48. The minimum atomic E-state index is 0.261. The van der Waals surface area contributed by atoms with Gasteiger partial charge in [0.05, 0.1) is 6.42 Å². The topological polar surface area (TPSA) is 23.6 Å². The van der Waals surface area contributed by atoms with Crippen LogP contribution in [0.15, 0.2) is 24.3 Å². The average molecular weight is 246 g/mol. The van der Waals surface area contributed by atoms with E-state index in [2.05, 4.69) is 30.9 Å². The summed E-state index contributed by atoms with van der Waals surface area (Å²) in [6, 6.07) is 8.22. The Balaban J connectivity index is 1.89. The third kappa shape index (κ3) is 3.33. The maximum atomic E-state index is 12.2. The van der Waals surface area contributed by atoms with Gasteiger partial charge < -0.3 is 9.80 Å². The van der Waals surface area contributed by atoms with E-state index in [0.717, 1.165) is 38.3 Å². The summed E-state index contributed by atoms with van der Waals surface area (Å²) in [5.74, 6) is 0.261. The van der Waals surface area contributed by atoms with E-state index in [1.807, 2.05) is 17.0 Å². The second-order valence-electron chi connectivity index (χ2n) is 4.98. The second kappa shape index (κ2) is 6.01.